The van der Waals surface area contributed by atoms with E-state index < -0.39 is 27.7 Å². The van der Waals surface area contributed by atoms with Crippen LogP contribution in [0.4, 0.5) is 5.69 Å². The fourth-order valence-electron chi connectivity index (χ4n) is 1.66. The van der Waals surface area contributed by atoms with Crippen molar-refractivity contribution in [3.8, 4) is 0 Å². The number of hydrogen-bond acceptors (Lipinski definition) is 3. The number of carboxylic acids is 1. The molecule has 6 heteroatoms. The molecule has 0 saturated heterocycles. The minimum atomic E-state index is -3.64. The molecule has 0 heterocycles. The minimum absolute atomic E-state index is 0.435. The quantitative estimate of drug-likeness (QED) is 0.854. The van der Waals surface area contributed by atoms with Gasteiger partial charge in [0, 0.05) is 5.69 Å². The lowest BCUT2D eigenvalue weighted by atomic mass is 10.1. The molecule has 1 aromatic rings. The highest BCUT2D eigenvalue weighted by Crippen LogP contribution is 2.16. The minimum Gasteiger partial charge on any atom is -0.481 e. The van der Waals surface area contributed by atoms with Crippen molar-refractivity contribution in [2.24, 2.45) is 5.92 Å². The number of nitrogens with one attached hydrogen (secondary N) is 1. The summed E-state index contributed by atoms with van der Waals surface area (Å²) in [5.74, 6) is -2.50. The van der Waals surface area contributed by atoms with Crippen LogP contribution in [0.15, 0.2) is 18.2 Å². The number of benzene rings is 1. The van der Waals surface area contributed by atoms with Crippen LogP contribution in [0.5, 0.6) is 0 Å². The Hall–Kier alpha value is -1.56. The molecule has 5 nitrogen and oxygen atoms in total. The second kappa shape index (κ2) is 5.39. The van der Waals surface area contributed by atoms with Gasteiger partial charge in [-0.15, -0.1) is 0 Å². The Morgan fingerprint density at radius 3 is 2.22 bits per heavy atom. The fraction of sp³-hybridized carbons (Fsp3) is 0.417. The van der Waals surface area contributed by atoms with Crippen molar-refractivity contribution in [2.45, 2.75) is 20.8 Å². The largest absolute Gasteiger partial charge is 0.481 e. The Morgan fingerprint density at radius 1 is 1.28 bits per heavy atom. The molecule has 0 spiro atoms. The first-order valence-corrected chi connectivity index (χ1v) is 7.16. The predicted octanol–water partition coefficient (Wildman–Crippen LogP) is 1.77. The van der Waals surface area contributed by atoms with E-state index in [9.17, 15) is 13.2 Å². The average molecular weight is 271 g/mol. The zero-order valence-corrected chi connectivity index (χ0v) is 11.4. The van der Waals surface area contributed by atoms with Gasteiger partial charge in [0.1, 0.15) is 0 Å². The monoisotopic (exact) mass is 271 g/mol. The summed E-state index contributed by atoms with van der Waals surface area (Å²) in [6.07, 6.45) is 0. The van der Waals surface area contributed by atoms with Crippen molar-refractivity contribution in [3.05, 3.63) is 29.3 Å². The zero-order valence-electron chi connectivity index (χ0n) is 10.6. The van der Waals surface area contributed by atoms with Crippen LogP contribution in [-0.2, 0) is 14.8 Å². The van der Waals surface area contributed by atoms with Crippen molar-refractivity contribution in [3.63, 3.8) is 0 Å². The molecule has 0 saturated carbocycles. The third kappa shape index (κ3) is 4.37. The molecule has 0 aliphatic carbocycles. The van der Waals surface area contributed by atoms with Crippen LogP contribution in [-0.4, -0.2) is 25.2 Å². The van der Waals surface area contributed by atoms with Crippen LogP contribution in [0.3, 0.4) is 0 Å². The van der Waals surface area contributed by atoms with E-state index in [-0.39, 0.29) is 0 Å². The molecule has 0 radical (unpaired) electrons. The summed E-state index contributed by atoms with van der Waals surface area (Å²) in [5, 5.41) is 8.71. The van der Waals surface area contributed by atoms with E-state index in [4.69, 9.17) is 5.11 Å². The van der Waals surface area contributed by atoms with E-state index in [1.54, 1.807) is 12.1 Å². The first-order valence-electron chi connectivity index (χ1n) is 5.51. The van der Waals surface area contributed by atoms with Crippen LogP contribution >= 0.6 is 0 Å². The molecule has 1 atom stereocenters. The summed E-state index contributed by atoms with van der Waals surface area (Å²) >= 11 is 0. The smallest absolute Gasteiger partial charge is 0.307 e. The van der Waals surface area contributed by atoms with Gasteiger partial charge >= 0.3 is 5.97 Å². The van der Waals surface area contributed by atoms with Gasteiger partial charge in [-0.25, -0.2) is 8.42 Å². The Bertz CT molecular complexity index is 531. The van der Waals surface area contributed by atoms with Crippen molar-refractivity contribution >= 4 is 21.7 Å². The molecular formula is C12H17NO4S. The van der Waals surface area contributed by atoms with Gasteiger partial charge in [0.15, 0.2) is 0 Å². The number of aliphatic carboxylic acids is 1. The third-order valence-electron chi connectivity index (χ3n) is 2.39. The molecule has 2 N–H and O–H groups in total. The molecule has 1 unspecified atom stereocenters. The van der Waals surface area contributed by atoms with Crippen LogP contribution in [0, 0.1) is 19.8 Å². The van der Waals surface area contributed by atoms with Gasteiger partial charge < -0.3 is 5.11 Å². The maximum absolute atomic E-state index is 11.8. The molecule has 0 aliphatic heterocycles. The second-order valence-electron chi connectivity index (χ2n) is 4.50. The Labute approximate surface area is 107 Å². The predicted molar refractivity (Wildman–Crippen MR) is 70.1 cm³/mol. The number of hydrogen-bond donors (Lipinski definition) is 2. The molecular weight excluding hydrogens is 254 g/mol. The summed E-state index contributed by atoms with van der Waals surface area (Å²) in [6, 6.07) is 5.34. The molecule has 0 bridgehead atoms. The summed E-state index contributed by atoms with van der Waals surface area (Å²) in [4.78, 5) is 10.6. The van der Waals surface area contributed by atoms with Gasteiger partial charge in [-0.1, -0.05) is 13.0 Å². The molecule has 1 aromatic carbocycles. The van der Waals surface area contributed by atoms with E-state index in [2.05, 4.69) is 4.72 Å². The van der Waals surface area contributed by atoms with E-state index in [0.29, 0.717) is 5.69 Å². The van der Waals surface area contributed by atoms with Gasteiger partial charge in [0.25, 0.3) is 0 Å². The number of aryl methyl sites for hydroxylation is 2. The Kier molecular flexibility index (Phi) is 4.34. The number of carboxylic acid groups (broad SMARTS) is 1. The maximum atomic E-state index is 11.8. The first kappa shape index (κ1) is 14.5. The Balaban J connectivity index is 2.85. The molecule has 100 valence electrons. The Morgan fingerprint density at radius 2 is 1.78 bits per heavy atom. The highest BCUT2D eigenvalue weighted by Gasteiger charge is 2.20. The SMILES string of the molecule is Cc1cc(C)cc(NS(=O)(=O)CC(C)C(=O)O)c1. The summed E-state index contributed by atoms with van der Waals surface area (Å²) in [6.45, 7) is 5.10. The molecule has 1 rings (SSSR count). The van der Waals surface area contributed by atoms with Crippen LogP contribution in [0.2, 0.25) is 0 Å². The van der Waals surface area contributed by atoms with Crippen molar-refractivity contribution in [1.82, 2.24) is 0 Å². The third-order valence-corrected chi connectivity index (χ3v) is 3.87. The van der Waals surface area contributed by atoms with E-state index >= 15 is 0 Å². The van der Waals surface area contributed by atoms with Crippen LogP contribution in [0.25, 0.3) is 0 Å². The number of carbonyl (C=O) groups is 1. The number of anilines is 1. The maximum Gasteiger partial charge on any atom is 0.307 e. The highest BCUT2D eigenvalue weighted by molar-refractivity contribution is 7.92. The van der Waals surface area contributed by atoms with E-state index in [1.807, 2.05) is 19.9 Å². The standard InChI is InChI=1S/C12H17NO4S/c1-8-4-9(2)6-11(5-8)13-18(16,17)7-10(3)12(14)15/h4-6,10,13H,7H2,1-3H3,(H,14,15). The summed E-state index contributed by atoms with van der Waals surface area (Å²) in [7, 11) is -3.64. The first-order chi connectivity index (χ1) is 8.19. The fourth-order valence-corrected chi connectivity index (χ4v) is 3.02. The molecule has 0 fully saturated rings. The summed E-state index contributed by atoms with van der Waals surface area (Å²) in [5.41, 5.74) is 2.35. The molecule has 18 heavy (non-hydrogen) atoms. The normalized spacial score (nSPS) is 13.1. The lowest BCUT2D eigenvalue weighted by molar-refractivity contribution is -0.140. The van der Waals surface area contributed by atoms with Gasteiger partial charge in [0.2, 0.25) is 10.0 Å². The molecule has 0 aromatic heterocycles. The van der Waals surface area contributed by atoms with Gasteiger partial charge in [-0.05, 0) is 37.1 Å². The topological polar surface area (TPSA) is 83.5 Å². The highest BCUT2D eigenvalue weighted by atomic mass is 32.2. The van der Waals surface area contributed by atoms with Crippen LogP contribution < -0.4 is 4.72 Å². The number of rotatable bonds is 5. The second-order valence-corrected chi connectivity index (χ2v) is 6.27. The zero-order chi connectivity index (χ0) is 13.9. The lowest BCUT2D eigenvalue weighted by Crippen LogP contribution is -2.25. The lowest BCUT2D eigenvalue weighted by Gasteiger charge is -2.11. The van der Waals surface area contributed by atoms with E-state index in [1.165, 1.54) is 6.92 Å². The summed E-state index contributed by atoms with van der Waals surface area (Å²) < 4.78 is 25.9. The van der Waals surface area contributed by atoms with Crippen molar-refractivity contribution in [1.29, 1.82) is 0 Å². The van der Waals surface area contributed by atoms with Gasteiger partial charge in [0.05, 0.1) is 11.7 Å². The van der Waals surface area contributed by atoms with Crippen molar-refractivity contribution in [2.75, 3.05) is 10.5 Å². The van der Waals surface area contributed by atoms with Crippen LogP contribution in [0.1, 0.15) is 18.1 Å². The number of sulfonamides is 1. The van der Waals surface area contributed by atoms with Crippen molar-refractivity contribution < 1.29 is 18.3 Å². The van der Waals surface area contributed by atoms with Gasteiger partial charge in [-0.2, -0.15) is 0 Å². The van der Waals surface area contributed by atoms with Gasteiger partial charge in [-0.3, -0.25) is 9.52 Å². The molecule has 0 amide bonds. The molecule has 0 aliphatic rings. The van der Waals surface area contributed by atoms with E-state index in [0.717, 1.165) is 11.1 Å². The average Bonchev–Trinajstić information content (AvgIpc) is 2.13.